The third-order valence-electron chi connectivity index (χ3n) is 2.79. The van der Waals surface area contributed by atoms with Crippen molar-refractivity contribution in [1.29, 1.82) is 0 Å². The molecule has 0 bridgehead atoms. The maximum Gasteiger partial charge on any atom is 0.0724 e. The van der Waals surface area contributed by atoms with Gasteiger partial charge in [-0.1, -0.05) is 49.8 Å². The quantitative estimate of drug-likeness (QED) is 0.619. The number of rotatable bonds is 7. The molecule has 1 heteroatoms. The number of hydrogen-bond acceptors (Lipinski definition) is 1. The maximum absolute atomic E-state index is 6.03. The van der Waals surface area contributed by atoms with E-state index in [0.717, 1.165) is 19.3 Å². The fourth-order valence-electron chi connectivity index (χ4n) is 1.90. The highest BCUT2D eigenvalue weighted by atomic mass is 16.5. The Morgan fingerprint density at radius 1 is 1.31 bits per heavy atom. The van der Waals surface area contributed by atoms with E-state index in [2.05, 4.69) is 32.6 Å². The largest absolute Gasteiger partial charge is 0.370 e. The van der Waals surface area contributed by atoms with Crippen molar-refractivity contribution in [3.8, 4) is 0 Å². The van der Waals surface area contributed by atoms with E-state index < -0.39 is 0 Å². The van der Waals surface area contributed by atoms with E-state index >= 15 is 0 Å². The van der Waals surface area contributed by atoms with Crippen LogP contribution in [-0.4, -0.2) is 5.60 Å². The lowest BCUT2D eigenvalue weighted by Gasteiger charge is -2.28. The molecule has 1 atom stereocenters. The molecule has 0 amide bonds. The molecule has 0 radical (unpaired) electrons. The molecule has 0 saturated heterocycles. The van der Waals surface area contributed by atoms with Gasteiger partial charge in [0.25, 0.3) is 0 Å². The molecule has 16 heavy (non-hydrogen) atoms. The molecule has 1 unspecified atom stereocenters. The molecule has 0 saturated carbocycles. The van der Waals surface area contributed by atoms with Crippen LogP contribution in [0.25, 0.3) is 0 Å². The molecule has 0 aliphatic carbocycles. The average molecular weight is 218 g/mol. The lowest BCUT2D eigenvalue weighted by Crippen LogP contribution is -2.27. The predicted molar refractivity (Wildman–Crippen MR) is 69.4 cm³/mol. The van der Waals surface area contributed by atoms with Crippen LogP contribution in [0.3, 0.4) is 0 Å². The summed E-state index contributed by atoms with van der Waals surface area (Å²) in [6, 6.07) is 10.3. The van der Waals surface area contributed by atoms with Crippen LogP contribution in [-0.2, 0) is 11.3 Å². The second-order valence-corrected chi connectivity index (χ2v) is 4.47. The monoisotopic (exact) mass is 218 g/mol. The highest BCUT2D eigenvalue weighted by Crippen LogP contribution is 2.23. The van der Waals surface area contributed by atoms with Crippen LogP contribution in [0.5, 0.6) is 0 Å². The molecule has 0 spiro atoms. The summed E-state index contributed by atoms with van der Waals surface area (Å²) >= 11 is 0. The molecule has 1 rings (SSSR count). The molecule has 1 aromatic carbocycles. The highest BCUT2D eigenvalue weighted by Gasteiger charge is 2.22. The second kappa shape index (κ2) is 6.49. The first kappa shape index (κ1) is 13.0. The maximum atomic E-state index is 6.03. The van der Waals surface area contributed by atoms with E-state index in [1.807, 2.05) is 24.3 Å². The van der Waals surface area contributed by atoms with Gasteiger partial charge in [-0.2, -0.15) is 0 Å². The molecule has 0 aliphatic rings. The molecule has 0 fully saturated rings. The molecular formula is C15H22O. The van der Waals surface area contributed by atoms with Gasteiger partial charge in [-0.3, -0.25) is 0 Å². The van der Waals surface area contributed by atoms with Gasteiger partial charge in [0.1, 0.15) is 0 Å². The van der Waals surface area contributed by atoms with E-state index in [-0.39, 0.29) is 5.60 Å². The van der Waals surface area contributed by atoms with Gasteiger partial charge in [-0.15, -0.1) is 6.58 Å². The second-order valence-electron chi connectivity index (χ2n) is 4.47. The molecule has 88 valence electrons. The van der Waals surface area contributed by atoms with Crippen molar-refractivity contribution < 1.29 is 4.74 Å². The average Bonchev–Trinajstić information content (AvgIpc) is 2.29. The van der Waals surface area contributed by atoms with Crippen LogP contribution >= 0.6 is 0 Å². The first-order valence-corrected chi connectivity index (χ1v) is 5.99. The van der Waals surface area contributed by atoms with Gasteiger partial charge >= 0.3 is 0 Å². The minimum Gasteiger partial charge on any atom is -0.370 e. The van der Waals surface area contributed by atoms with Gasteiger partial charge in [0.2, 0.25) is 0 Å². The summed E-state index contributed by atoms with van der Waals surface area (Å²) in [5.74, 6) is 0. The van der Waals surface area contributed by atoms with Crippen molar-refractivity contribution in [2.24, 2.45) is 0 Å². The predicted octanol–water partition coefficient (Wildman–Crippen LogP) is 4.34. The van der Waals surface area contributed by atoms with Crippen LogP contribution in [0.15, 0.2) is 43.0 Å². The first-order chi connectivity index (χ1) is 7.70. The van der Waals surface area contributed by atoms with Crippen molar-refractivity contribution in [3.63, 3.8) is 0 Å². The Balaban J connectivity index is 2.53. The standard InChI is InChI=1S/C15H22O/c1-4-11-15(3,12-5-2)16-13-14-9-7-6-8-10-14/h4,6-10H,1,5,11-13H2,2-3H3. The van der Waals surface area contributed by atoms with Gasteiger partial charge in [0, 0.05) is 0 Å². The molecule has 0 N–H and O–H groups in total. The van der Waals surface area contributed by atoms with Crippen LogP contribution in [0, 0.1) is 0 Å². The Bertz CT molecular complexity index is 304. The number of ether oxygens (including phenoxy) is 1. The van der Waals surface area contributed by atoms with Crippen molar-refractivity contribution >= 4 is 0 Å². The van der Waals surface area contributed by atoms with Crippen molar-refractivity contribution in [2.75, 3.05) is 0 Å². The first-order valence-electron chi connectivity index (χ1n) is 5.99. The van der Waals surface area contributed by atoms with E-state index in [1.54, 1.807) is 0 Å². The van der Waals surface area contributed by atoms with Gasteiger partial charge in [-0.05, 0) is 25.3 Å². The Kier molecular flexibility index (Phi) is 5.27. The van der Waals surface area contributed by atoms with Crippen molar-refractivity contribution in [1.82, 2.24) is 0 Å². The lowest BCUT2D eigenvalue weighted by molar-refractivity contribution is -0.0471. The van der Waals surface area contributed by atoms with Crippen LogP contribution in [0.4, 0.5) is 0 Å². The zero-order chi connectivity index (χ0) is 11.9. The fourth-order valence-corrected chi connectivity index (χ4v) is 1.90. The van der Waals surface area contributed by atoms with Crippen molar-refractivity contribution in [3.05, 3.63) is 48.6 Å². The molecule has 0 aromatic heterocycles. The third-order valence-corrected chi connectivity index (χ3v) is 2.79. The van der Waals surface area contributed by atoms with Crippen LogP contribution < -0.4 is 0 Å². The molecule has 0 aliphatic heterocycles. The minimum absolute atomic E-state index is 0.0632. The van der Waals surface area contributed by atoms with Crippen molar-refractivity contribution in [2.45, 2.75) is 45.3 Å². The normalized spacial score (nSPS) is 14.4. The van der Waals surface area contributed by atoms with Gasteiger partial charge in [0.15, 0.2) is 0 Å². The summed E-state index contributed by atoms with van der Waals surface area (Å²) < 4.78 is 6.03. The summed E-state index contributed by atoms with van der Waals surface area (Å²) in [7, 11) is 0. The SMILES string of the molecule is C=CCC(C)(CCC)OCc1ccccc1. The lowest BCUT2D eigenvalue weighted by atomic mass is 9.96. The van der Waals surface area contributed by atoms with E-state index in [0.29, 0.717) is 6.61 Å². The third kappa shape index (κ3) is 4.19. The number of hydrogen-bond donors (Lipinski definition) is 0. The van der Waals surface area contributed by atoms with E-state index in [4.69, 9.17) is 4.74 Å². The van der Waals surface area contributed by atoms with Crippen LogP contribution in [0.1, 0.15) is 38.7 Å². The zero-order valence-electron chi connectivity index (χ0n) is 10.4. The molecular weight excluding hydrogens is 196 g/mol. The summed E-state index contributed by atoms with van der Waals surface area (Å²) in [6.45, 7) is 8.84. The van der Waals surface area contributed by atoms with Crippen LogP contribution in [0.2, 0.25) is 0 Å². The highest BCUT2D eigenvalue weighted by molar-refractivity contribution is 5.13. The minimum atomic E-state index is -0.0632. The zero-order valence-corrected chi connectivity index (χ0v) is 10.4. The Hall–Kier alpha value is -1.08. The van der Waals surface area contributed by atoms with Gasteiger partial charge < -0.3 is 4.74 Å². The molecule has 1 nitrogen and oxygen atoms in total. The summed E-state index contributed by atoms with van der Waals surface area (Å²) in [4.78, 5) is 0. The topological polar surface area (TPSA) is 9.23 Å². The molecule has 0 heterocycles. The van der Waals surface area contributed by atoms with Gasteiger partial charge in [0.05, 0.1) is 12.2 Å². The summed E-state index contributed by atoms with van der Waals surface area (Å²) in [5, 5.41) is 0. The fraction of sp³-hybridized carbons (Fsp3) is 0.467. The van der Waals surface area contributed by atoms with E-state index in [1.165, 1.54) is 5.56 Å². The van der Waals surface area contributed by atoms with E-state index in [9.17, 15) is 0 Å². The Morgan fingerprint density at radius 2 is 2.00 bits per heavy atom. The Morgan fingerprint density at radius 3 is 2.56 bits per heavy atom. The van der Waals surface area contributed by atoms with Gasteiger partial charge in [-0.25, -0.2) is 0 Å². The summed E-state index contributed by atoms with van der Waals surface area (Å²) in [6.07, 6.45) is 5.07. The Labute approximate surface area is 99.1 Å². The smallest absolute Gasteiger partial charge is 0.0724 e. The summed E-state index contributed by atoms with van der Waals surface area (Å²) in [5.41, 5.74) is 1.17. The number of benzene rings is 1. The molecule has 1 aromatic rings.